The second-order valence-corrected chi connectivity index (χ2v) is 7.79. The molecule has 0 atom stereocenters. The molecule has 26 heavy (non-hydrogen) atoms. The van der Waals surface area contributed by atoms with Crippen molar-refractivity contribution in [1.29, 1.82) is 0 Å². The first kappa shape index (κ1) is 25.6. The highest BCUT2D eigenvalue weighted by Crippen LogP contribution is 2.13. The third kappa shape index (κ3) is 21.6. The van der Waals surface area contributed by atoms with Gasteiger partial charge in [-0.3, -0.25) is 4.79 Å². The zero-order chi connectivity index (χ0) is 19.1. The zero-order valence-electron chi connectivity index (χ0n) is 17.4. The molecule has 0 aliphatic rings. The first-order chi connectivity index (χ1) is 12.8. The van der Waals surface area contributed by atoms with Gasteiger partial charge >= 0.3 is 5.97 Å². The van der Waals surface area contributed by atoms with Crippen molar-refractivity contribution in [1.82, 2.24) is 0 Å². The van der Waals surface area contributed by atoms with Gasteiger partial charge in [0.2, 0.25) is 0 Å². The second-order valence-electron chi connectivity index (χ2n) is 7.34. The maximum Gasteiger partial charge on any atom is 0.305 e. The number of unbranched alkanes of at least 4 members (excludes halogenated alkanes) is 14. The summed E-state index contributed by atoms with van der Waals surface area (Å²) in [6, 6.07) is 0. The number of hydrogen-bond acceptors (Lipinski definition) is 3. The molecule has 0 saturated heterocycles. The Hall–Kier alpha value is -0.440. The minimum atomic E-state index is -0.0936. The SMILES string of the molecule is CCCCCCCCCCCCCCC/C=C/CCCC(=O)OCCS. The third-order valence-corrected chi connectivity index (χ3v) is 4.93. The Balaban J connectivity index is 3.13. The highest BCUT2D eigenvalue weighted by Gasteiger charge is 2.00. The van der Waals surface area contributed by atoms with Crippen LogP contribution in [0, 0.1) is 0 Å². The monoisotopic (exact) mass is 384 g/mol. The summed E-state index contributed by atoms with van der Waals surface area (Å²) >= 11 is 4.02. The summed E-state index contributed by atoms with van der Waals surface area (Å²) in [4.78, 5) is 11.3. The maximum absolute atomic E-state index is 11.3. The molecule has 0 radical (unpaired) electrons. The van der Waals surface area contributed by atoms with E-state index < -0.39 is 0 Å². The van der Waals surface area contributed by atoms with Crippen molar-refractivity contribution in [3.8, 4) is 0 Å². The standard InChI is InChI=1S/C23H44O2S/c1-2-3-4-5-6-7-8-9-10-11-12-13-14-15-16-17-18-19-20-23(24)25-21-22-26/h16-17,26H,2-15,18-22H2,1H3/b17-16+. The van der Waals surface area contributed by atoms with Crippen LogP contribution in [0.15, 0.2) is 12.2 Å². The topological polar surface area (TPSA) is 26.3 Å². The van der Waals surface area contributed by atoms with E-state index in [1.165, 1.54) is 89.9 Å². The van der Waals surface area contributed by atoms with Gasteiger partial charge in [0.25, 0.3) is 0 Å². The number of rotatable bonds is 20. The summed E-state index contributed by atoms with van der Waals surface area (Å²) in [7, 11) is 0. The van der Waals surface area contributed by atoms with Gasteiger partial charge in [0.1, 0.15) is 6.61 Å². The van der Waals surface area contributed by atoms with Crippen molar-refractivity contribution >= 4 is 18.6 Å². The van der Waals surface area contributed by atoms with Crippen molar-refractivity contribution in [3.05, 3.63) is 12.2 Å². The molecule has 0 amide bonds. The minimum absolute atomic E-state index is 0.0936. The average Bonchev–Trinajstić information content (AvgIpc) is 2.65. The van der Waals surface area contributed by atoms with E-state index >= 15 is 0 Å². The molecule has 0 N–H and O–H groups in total. The van der Waals surface area contributed by atoms with Crippen LogP contribution in [0.25, 0.3) is 0 Å². The van der Waals surface area contributed by atoms with Gasteiger partial charge < -0.3 is 4.74 Å². The lowest BCUT2D eigenvalue weighted by Crippen LogP contribution is -2.05. The van der Waals surface area contributed by atoms with Crippen LogP contribution in [0.2, 0.25) is 0 Å². The van der Waals surface area contributed by atoms with Gasteiger partial charge in [0.15, 0.2) is 0 Å². The van der Waals surface area contributed by atoms with E-state index in [1.807, 2.05) is 0 Å². The quantitative estimate of drug-likeness (QED) is 0.101. The molecular formula is C23H44O2S. The van der Waals surface area contributed by atoms with E-state index in [0.29, 0.717) is 18.8 Å². The lowest BCUT2D eigenvalue weighted by molar-refractivity contribution is -0.143. The fraction of sp³-hybridized carbons (Fsp3) is 0.870. The molecule has 0 saturated carbocycles. The molecule has 154 valence electrons. The molecule has 0 aliphatic carbocycles. The van der Waals surface area contributed by atoms with Gasteiger partial charge in [-0.05, 0) is 25.7 Å². The third-order valence-electron chi connectivity index (χ3n) is 4.75. The Labute approximate surface area is 169 Å². The summed E-state index contributed by atoms with van der Waals surface area (Å²) in [6.45, 7) is 2.71. The van der Waals surface area contributed by atoms with Crippen LogP contribution in [-0.4, -0.2) is 18.3 Å². The van der Waals surface area contributed by atoms with E-state index in [9.17, 15) is 4.79 Å². The first-order valence-corrected chi connectivity index (χ1v) is 11.9. The van der Waals surface area contributed by atoms with Gasteiger partial charge in [-0.15, -0.1) is 0 Å². The lowest BCUT2D eigenvalue weighted by atomic mass is 10.0. The van der Waals surface area contributed by atoms with E-state index in [0.717, 1.165) is 12.8 Å². The van der Waals surface area contributed by atoms with Crippen molar-refractivity contribution < 1.29 is 9.53 Å². The van der Waals surface area contributed by atoms with Crippen LogP contribution in [0.4, 0.5) is 0 Å². The molecule has 0 spiro atoms. The van der Waals surface area contributed by atoms with Crippen LogP contribution < -0.4 is 0 Å². The second kappa shape index (κ2) is 22.6. The summed E-state index contributed by atoms with van der Waals surface area (Å²) in [5.41, 5.74) is 0. The molecule has 0 aromatic rings. The van der Waals surface area contributed by atoms with Crippen LogP contribution in [-0.2, 0) is 9.53 Å². The molecule has 0 aromatic heterocycles. The lowest BCUT2D eigenvalue weighted by Gasteiger charge is -2.02. The number of carbonyl (C=O) groups excluding carboxylic acids is 1. The zero-order valence-corrected chi connectivity index (χ0v) is 18.2. The normalized spacial score (nSPS) is 11.3. The van der Waals surface area contributed by atoms with Crippen LogP contribution in [0.1, 0.15) is 116 Å². The Morgan fingerprint density at radius 2 is 1.19 bits per heavy atom. The highest BCUT2D eigenvalue weighted by molar-refractivity contribution is 7.80. The largest absolute Gasteiger partial charge is 0.465 e. The van der Waals surface area contributed by atoms with Crippen molar-refractivity contribution in [2.24, 2.45) is 0 Å². The number of esters is 1. The maximum atomic E-state index is 11.3. The summed E-state index contributed by atoms with van der Waals surface area (Å²) in [6.07, 6.45) is 26.4. The molecule has 0 aromatic carbocycles. The molecule has 3 heteroatoms. The van der Waals surface area contributed by atoms with E-state index in [4.69, 9.17) is 4.74 Å². The molecule has 0 heterocycles. The molecule has 0 unspecified atom stereocenters. The number of ether oxygens (including phenoxy) is 1. The van der Waals surface area contributed by atoms with Crippen molar-refractivity contribution in [2.45, 2.75) is 116 Å². The minimum Gasteiger partial charge on any atom is -0.465 e. The Morgan fingerprint density at radius 3 is 1.69 bits per heavy atom. The molecular weight excluding hydrogens is 340 g/mol. The molecule has 2 nitrogen and oxygen atoms in total. The fourth-order valence-corrected chi connectivity index (χ4v) is 3.20. The summed E-state index contributed by atoms with van der Waals surface area (Å²) in [5.74, 6) is 0.508. The van der Waals surface area contributed by atoms with Crippen molar-refractivity contribution in [3.63, 3.8) is 0 Å². The average molecular weight is 385 g/mol. The van der Waals surface area contributed by atoms with Gasteiger partial charge in [-0.2, -0.15) is 12.6 Å². The van der Waals surface area contributed by atoms with E-state index in [-0.39, 0.29) is 5.97 Å². The fourth-order valence-electron chi connectivity index (χ4n) is 3.11. The predicted octanol–water partition coefficient (Wildman–Crippen LogP) is 7.67. The Bertz CT molecular complexity index is 315. The van der Waals surface area contributed by atoms with Crippen molar-refractivity contribution in [2.75, 3.05) is 12.4 Å². The number of thiol groups is 1. The summed E-state index contributed by atoms with van der Waals surface area (Å²) < 4.78 is 4.98. The van der Waals surface area contributed by atoms with Crippen LogP contribution in [0.5, 0.6) is 0 Å². The molecule has 0 fully saturated rings. The Morgan fingerprint density at radius 1 is 0.731 bits per heavy atom. The van der Waals surface area contributed by atoms with Crippen LogP contribution in [0.3, 0.4) is 0 Å². The van der Waals surface area contributed by atoms with Gasteiger partial charge in [-0.25, -0.2) is 0 Å². The smallest absolute Gasteiger partial charge is 0.305 e. The molecule has 0 rings (SSSR count). The first-order valence-electron chi connectivity index (χ1n) is 11.2. The number of allylic oxidation sites excluding steroid dienone is 2. The van der Waals surface area contributed by atoms with Gasteiger partial charge in [0.05, 0.1) is 0 Å². The van der Waals surface area contributed by atoms with Crippen LogP contribution >= 0.6 is 12.6 Å². The van der Waals surface area contributed by atoms with E-state index in [1.54, 1.807) is 0 Å². The molecule has 0 aliphatic heterocycles. The number of carbonyl (C=O) groups is 1. The summed E-state index contributed by atoms with van der Waals surface area (Å²) in [5, 5.41) is 0. The van der Waals surface area contributed by atoms with Gasteiger partial charge in [-0.1, -0.05) is 96.1 Å². The predicted molar refractivity (Wildman–Crippen MR) is 118 cm³/mol. The van der Waals surface area contributed by atoms with E-state index in [2.05, 4.69) is 31.7 Å². The molecule has 0 bridgehead atoms. The van der Waals surface area contributed by atoms with Gasteiger partial charge in [0, 0.05) is 12.2 Å². The number of hydrogen-bond donors (Lipinski definition) is 1. The highest BCUT2D eigenvalue weighted by atomic mass is 32.1. The Kier molecular flexibility index (Phi) is 22.2.